The molecule has 0 aromatic heterocycles. The summed E-state index contributed by atoms with van der Waals surface area (Å²) in [6.45, 7) is 1.99. The summed E-state index contributed by atoms with van der Waals surface area (Å²) in [6, 6.07) is 7.08. The van der Waals surface area contributed by atoms with Crippen LogP contribution in [-0.2, 0) is 0 Å². The highest BCUT2D eigenvalue weighted by atomic mass is 16.5. The van der Waals surface area contributed by atoms with E-state index in [1.165, 1.54) is 0 Å². The van der Waals surface area contributed by atoms with Crippen molar-refractivity contribution in [2.24, 2.45) is 0 Å². The van der Waals surface area contributed by atoms with Crippen molar-refractivity contribution in [1.29, 1.82) is 0 Å². The summed E-state index contributed by atoms with van der Waals surface area (Å²) in [7, 11) is 0. The molecule has 1 aromatic carbocycles. The van der Waals surface area contributed by atoms with Crippen molar-refractivity contribution in [3.05, 3.63) is 29.8 Å². The Labute approximate surface area is 95.0 Å². The van der Waals surface area contributed by atoms with Crippen LogP contribution in [0.3, 0.4) is 0 Å². The van der Waals surface area contributed by atoms with Crippen LogP contribution in [0.15, 0.2) is 24.3 Å². The average molecular weight is 215 g/mol. The van der Waals surface area contributed by atoms with Gasteiger partial charge in [0.2, 0.25) is 0 Å². The number of benzene rings is 1. The molecule has 1 aliphatic rings. The van der Waals surface area contributed by atoms with E-state index in [1.54, 1.807) is 24.3 Å². The van der Waals surface area contributed by atoms with E-state index in [2.05, 4.69) is 5.92 Å². The van der Waals surface area contributed by atoms with Gasteiger partial charge in [0, 0.05) is 18.7 Å². The van der Waals surface area contributed by atoms with E-state index in [4.69, 9.17) is 11.2 Å². The van der Waals surface area contributed by atoms with Crippen LogP contribution in [0.5, 0.6) is 5.75 Å². The van der Waals surface area contributed by atoms with Gasteiger partial charge in [-0.1, -0.05) is 5.92 Å². The Bertz CT molecular complexity index is 413. The van der Waals surface area contributed by atoms with Crippen molar-refractivity contribution in [3.8, 4) is 18.1 Å². The minimum absolute atomic E-state index is 0.0924. The van der Waals surface area contributed by atoms with Gasteiger partial charge in [0.1, 0.15) is 12.4 Å². The Hall–Kier alpha value is -1.95. The average Bonchev–Trinajstić information content (AvgIpc) is 2.24. The maximum absolute atomic E-state index is 11.8. The van der Waals surface area contributed by atoms with Gasteiger partial charge in [0.25, 0.3) is 5.91 Å². The molecular weight excluding hydrogens is 202 g/mol. The minimum Gasteiger partial charge on any atom is -0.481 e. The minimum atomic E-state index is 0.0924. The van der Waals surface area contributed by atoms with Crippen molar-refractivity contribution >= 4 is 5.91 Å². The summed E-state index contributed by atoms with van der Waals surface area (Å²) in [6.07, 6.45) is 6.19. The van der Waals surface area contributed by atoms with E-state index in [0.29, 0.717) is 11.3 Å². The normalized spacial score (nSPS) is 13.8. The summed E-state index contributed by atoms with van der Waals surface area (Å²) >= 11 is 0. The highest BCUT2D eigenvalue weighted by molar-refractivity contribution is 5.94. The molecule has 0 saturated carbocycles. The topological polar surface area (TPSA) is 29.5 Å². The number of ether oxygens (including phenoxy) is 1. The van der Waals surface area contributed by atoms with Gasteiger partial charge < -0.3 is 9.64 Å². The third-order valence-electron chi connectivity index (χ3n) is 2.57. The molecule has 16 heavy (non-hydrogen) atoms. The Morgan fingerprint density at radius 2 is 2.06 bits per heavy atom. The molecule has 0 aliphatic carbocycles. The van der Waals surface area contributed by atoms with E-state index < -0.39 is 0 Å². The zero-order chi connectivity index (χ0) is 11.4. The number of nitrogens with zero attached hydrogens (tertiary/aromatic N) is 1. The smallest absolute Gasteiger partial charge is 0.253 e. The molecule has 2 rings (SSSR count). The van der Waals surface area contributed by atoms with Gasteiger partial charge in [-0.3, -0.25) is 4.79 Å². The molecule has 3 heteroatoms. The van der Waals surface area contributed by atoms with E-state index in [0.717, 1.165) is 19.5 Å². The highest BCUT2D eigenvalue weighted by Gasteiger charge is 2.21. The van der Waals surface area contributed by atoms with E-state index in [9.17, 15) is 4.79 Å². The fraction of sp³-hybridized carbons (Fsp3) is 0.308. The number of carbonyl (C=O) groups excluding carboxylic acids is 1. The van der Waals surface area contributed by atoms with E-state index in [-0.39, 0.29) is 12.5 Å². The van der Waals surface area contributed by atoms with Crippen LogP contribution >= 0.6 is 0 Å². The number of hydrogen-bond donors (Lipinski definition) is 0. The van der Waals surface area contributed by atoms with E-state index >= 15 is 0 Å². The Kier molecular flexibility index (Phi) is 3.11. The molecule has 0 bridgehead atoms. The fourth-order valence-corrected chi connectivity index (χ4v) is 1.52. The van der Waals surface area contributed by atoms with Crippen molar-refractivity contribution in [2.75, 3.05) is 19.7 Å². The first-order valence-corrected chi connectivity index (χ1v) is 5.27. The van der Waals surface area contributed by atoms with Gasteiger partial charge in [-0.25, -0.2) is 0 Å². The van der Waals surface area contributed by atoms with Gasteiger partial charge in [0.05, 0.1) is 0 Å². The Morgan fingerprint density at radius 1 is 1.38 bits per heavy atom. The third kappa shape index (κ3) is 2.17. The van der Waals surface area contributed by atoms with Gasteiger partial charge in [0.15, 0.2) is 0 Å². The van der Waals surface area contributed by atoms with Crippen LogP contribution < -0.4 is 4.74 Å². The molecule has 1 fully saturated rings. The molecule has 0 spiro atoms. The molecule has 1 aromatic rings. The first-order valence-electron chi connectivity index (χ1n) is 5.27. The van der Waals surface area contributed by atoms with Gasteiger partial charge in [-0.05, 0) is 30.7 Å². The molecular formula is C13H13NO2. The van der Waals surface area contributed by atoms with Crippen LogP contribution in [0, 0.1) is 12.3 Å². The van der Waals surface area contributed by atoms with Crippen molar-refractivity contribution < 1.29 is 9.53 Å². The van der Waals surface area contributed by atoms with Crippen molar-refractivity contribution in [1.82, 2.24) is 4.90 Å². The van der Waals surface area contributed by atoms with Gasteiger partial charge >= 0.3 is 0 Å². The largest absolute Gasteiger partial charge is 0.481 e. The maximum atomic E-state index is 11.8. The first-order chi connectivity index (χ1) is 7.81. The second-order valence-electron chi connectivity index (χ2n) is 3.66. The molecule has 0 unspecified atom stereocenters. The number of amides is 1. The van der Waals surface area contributed by atoms with Crippen LogP contribution in [0.25, 0.3) is 0 Å². The maximum Gasteiger partial charge on any atom is 0.253 e. The highest BCUT2D eigenvalue weighted by Crippen LogP contribution is 2.16. The van der Waals surface area contributed by atoms with Crippen molar-refractivity contribution in [2.45, 2.75) is 6.42 Å². The summed E-state index contributed by atoms with van der Waals surface area (Å²) in [4.78, 5) is 13.6. The number of carbonyl (C=O) groups is 1. The number of hydrogen-bond acceptors (Lipinski definition) is 2. The van der Waals surface area contributed by atoms with Crippen molar-refractivity contribution in [3.63, 3.8) is 0 Å². The predicted molar refractivity (Wildman–Crippen MR) is 61.3 cm³/mol. The number of likely N-dealkylation sites (tertiary alicyclic amines) is 1. The second-order valence-corrected chi connectivity index (χ2v) is 3.66. The SMILES string of the molecule is C#CCOc1ccc(C(=O)N2CCC2)cc1. The molecule has 82 valence electrons. The molecule has 1 aliphatic heterocycles. The lowest BCUT2D eigenvalue weighted by Gasteiger charge is -2.30. The summed E-state index contributed by atoms with van der Waals surface area (Å²) in [5.41, 5.74) is 0.702. The lowest BCUT2D eigenvalue weighted by atomic mass is 10.1. The zero-order valence-corrected chi connectivity index (χ0v) is 8.98. The lowest BCUT2D eigenvalue weighted by Crippen LogP contribution is -2.41. The zero-order valence-electron chi connectivity index (χ0n) is 8.98. The summed E-state index contributed by atoms with van der Waals surface area (Å²) in [5, 5.41) is 0. The molecule has 1 amide bonds. The number of terminal acetylenes is 1. The molecule has 0 N–H and O–H groups in total. The van der Waals surface area contributed by atoms with Gasteiger partial charge in [-0.15, -0.1) is 6.42 Å². The van der Waals surface area contributed by atoms with Crippen LogP contribution in [0.1, 0.15) is 16.8 Å². The second kappa shape index (κ2) is 4.71. The Morgan fingerprint density at radius 3 is 2.56 bits per heavy atom. The summed E-state index contributed by atoms with van der Waals surface area (Å²) in [5.74, 6) is 3.18. The van der Waals surface area contributed by atoms with Crippen LogP contribution in [0.4, 0.5) is 0 Å². The third-order valence-corrected chi connectivity index (χ3v) is 2.57. The van der Waals surface area contributed by atoms with E-state index in [1.807, 2.05) is 4.90 Å². The van der Waals surface area contributed by atoms with Crippen LogP contribution in [0.2, 0.25) is 0 Å². The molecule has 0 radical (unpaired) electrons. The lowest BCUT2D eigenvalue weighted by molar-refractivity contribution is 0.0652. The quantitative estimate of drug-likeness (QED) is 0.716. The monoisotopic (exact) mass is 215 g/mol. The fourth-order valence-electron chi connectivity index (χ4n) is 1.52. The molecule has 0 atom stereocenters. The van der Waals surface area contributed by atoms with Crippen LogP contribution in [-0.4, -0.2) is 30.5 Å². The molecule has 1 saturated heterocycles. The standard InChI is InChI=1S/C13H13NO2/c1-2-10-16-12-6-4-11(5-7-12)13(15)14-8-3-9-14/h1,4-7H,3,8-10H2. The molecule has 3 nitrogen and oxygen atoms in total. The Balaban J connectivity index is 2.01. The number of rotatable bonds is 3. The first kappa shape index (κ1) is 10.6. The summed E-state index contributed by atoms with van der Waals surface area (Å²) < 4.78 is 5.23. The molecule has 1 heterocycles. The predicted octanol–water partition coefficient (Wildman–Crippen LogP) is 1.54. The van der Waals surface area contributed by atoms with Gasteiger partial charge in [-0.2, -0.15) is 0 Å².